The van der Waals surface area contributed by atoms with Gasteiger partial charge >= 0.3 is 0 Å². The van der Waals surface area contributed by atoms with Gasteiger partial charge in [0, 0.05) is 16.5 Å². The fraction of sp³-hybridized carbons (Fsp3) is 0.333. The van der Waals surface area contributed by atoms with Gasteiger partial charge < -0.3 is 4.57 Å². The molecule has 0 saturated heterocycles. The number of halogens is 1. The monoisotopic (exact) mass is 280 g/mol. The maximum Gasteiger partial charge on any atom is 0.140 e. The van der Waals surface area contributed by atoms with Gasteiger partial charge in [-0.05, 0) is 56.3 Å². The van der Waals surface area contributed by atoms with Crippen molar-refractivity contribution in [2.24, 2.45) is 0 Å². The van der Waals surface area contributed by atoms with E-state index < -0.39 is 7.14 Å². The third kappa shape index (κ3) is 2.35. The minimum Gasteiger partial charge on any atom is -0.314 e. The molecule has 0 saturated carbocycles. The fourth-order valence-corrected chi connectivity index (χ4v) is 6.04. The molecule has 0 amide bonds. The molecule has 1 nitrogen and oxygen atoms in total. The number of hydrogen-bond acceptors (Lipinski definition) is 1. The summed E-state index contributed by atoms with van der Waals surface area (Å²) < 4.78 is 13.2. The molecule has 0 spiro atoms. The lowest BCUT2D eigenvalue weighted by Crippen LogP contribution is -2.16. The van der Waals surface area contributed by atoms with E-state index in [1.165, 1.54) is 5.56 Å². The van der Waals surface area contributed by atoms with Crippen LogP contribution in [0.5, 0.6) is 0 Å². The summed E-state index contributed by atoms with van der Waals surface area (Å²) in [6.45, 7) is 8.10. The molecule has 1 unspecified atom stereocenters. The number of aryl methyl sites for hydroxylation is 3. The highest BCUT2D eigenvalue weighted by atomic mass is 35.5. The Hall–Kier alpha value is -0.780. The number of benzene rings is 1. The van der Waals surface area contributed by atoms with E-state index in [0.29, 0.717) is 6.16 Å². The summed E-state index contributed by atoms with van der Waals surface area (Å²) in [4.78, 5) is 0. The zero-order chi connectivity index (χ0) is 13.5. The zero-order valence-electron chi connectivity index (χ0n) is 11.2. The summed E-state index contributed by atoms with van der Waals surface area (Å²) in [5, 5.41) is 1.73. The smallest absolute Gasteiger partial charge is 0.140 e. The van der Waals surface area contributed by atoms with Gasteiger partial charge in [0.2, 0.25) is 0 Å². The Balaban J connectivity index is 2.58. The third-order valence-corrected chi connectivity index (χ3v) is 6.84. The van der Waals surface area contributed by atoms with E-state index in [2.05, 4.69) is 19.1 Å². The van der Waals surface area contributed by atoms with E-state index in [-0.39, 0.29) is 0 Å². The Kier molecular flexibility index (Phi) is 3.58. The molecule has 1 aromatic carbocycles. The van der Waals surface area contributed by atoms with Crippen molar-refractivity contribution in [1.82, 2.24) is 0 Å². The predicted molar refractivity (Wildman–Crippen MR) is 80.5 cm³/mol. The van der Waals surface area contributed by atoms with Crippen molar-refractivity contribution >= 4 is 24.0 Å². The van der Waals surface area contributed by atoms with Crippen molar-refractivity contribution in [2.75, 3.05) is 6.16 Å². The largest absolute Gasteiger partial charge is 0.314 e. The second-order valence-electron chi connectivity index (χ2n) is 5.15. The molecule has 0 aliphatic carbocycles. The normalized spacial score (nSPS) is 23.6. The first-order chi connectivity index (χ1) is 8.33. The van der Waals surface area contributed by atoms with Crippen LogP contribution >= 0.6 is 18.7 Å². The molecule has 1 atom stereocenters. The van der Waals surface area contributed by atoms with Crippen molar-refractivity contribution in [3.63, 3.8) is 0 Å². The molecular weight excluding hydrogens is 263 g/mol. The number of rotatable bonds is 1. The van der Waals surface area contributed by atoms with E-state index in [1.807, 2.05) is 26.6 Å². The van der Waals surface area contributed by atoms with Gasteiger partial charge in [0.05, 0.1) is 0 Å². The van der Waals surface area contributed by atoms with Gasteiger partial charge in [0.25, 0.3) is 0 Å². The lowest BCUT2D eigenvalue weighted by Gasteiger charge is -2.23. The van der Waals surface area contributed by atoms with Crippen LogP contribution in [-0.4, -0.2) is 6.16 Å². The molecule has 3 heteroatoms. The summed E-state index contributed by atoms with van der Waals surface area (Å²) in [5.74, 6) is 1.81. The molecule has 0 N–H and O–H groups in total. The van der Waals surface area contributed by atoms with Crippen molar-refractivity contribution in [2.45, 2.75) is 27.7 Å². The Labute approximate surface area is 114 Å². The van der Waals surface area contributed by atoms with Crippen molar-refractivity contribution in [3.05, 3.63) is 51.3 Å². The SMILES string of the molecule is CC1=C(Cl)C=CP(=O)(c2c(C)cc(C)cc2C)C1. The average molecular weight is 281 g/mol. The van der Waals surface area contributed by atoms with Gasteiger partial charge in [0.1, 0.15) is 7.14 Å². The number of hydrogen-bond donors (Lipinski definition) is 0. The highest BCUT2D eigenvalue weighted by Crippen LogP contribution is 2.52. The molecule has 0 aromatic heterocycles. The molecule has 0 fully saturated rings. The first kappa shape index (κ1) is 13.6. The first-order valence-electron chi connectivity index (χ1n) is 6.05. The van der Waals surface area contributed by atoms with Crippen LogP contribution in [0.15, 0.2) is 34.6 Å². The highest BCUT2D eigenvalue weighted by Gasteiger charge is 2.28. The molecule has 96 valence electrons. The molecular formula is C15H18ClOP. The Morgan fingerprint density at radius 2 is 1.67 bits per heavy atom. The lowest BCUT2D eigenvalue weighted by atomic mass is 10.1. The topological polar surface area (TPSA) is 17.1 Å². The molecule has 0 bridgehead atoms. The second kappa shape index (κ2) is 4.72. The standard InChI is InChI=1S/C15H18ClOP/c1-10-7-11(2)15(12(3)8-10)18(17)6-5-14(16)13(4)9-18/h5-8H,9H2,1-4H3. The van der Waals surface area contributed by atoms with Crippen LogP contribution in [0, 0.1) is 20.8 Å². The number of allylic oxidation sites excluding steroid dienone is 3. The van der Waals surface area contributed by atoms with E-state index in [4.69, 9.17) is 11.6 Å². The van der Waals surface area contributed by atoms with Crippen LogP contribution in [0.4, 0.5) is 0 Å². The van der Waals surface area contributed by atoms with Gasteiger partial charge in [-0.2, -0.15) is 0 Å². The summed E-state index contributed by atoms with van der Waals surface area (Å²) in [6.07, 6.45) is 2.35. The minimum atomic E-state index is -2.48. The van der Waals surface area contributed by atoms with E-state index in [9.17, 15) is 4.57 Å². The van der Waals surface area contributed by atoms with Gasteiger partial charge in [0.15, 0.2) is 0 Å². The molecule has 0 radical (unpaired) electrons. The molecule has 1 aliphatic rings. The molecule has 1 heterocycles. The van der Waals surface area contributed by atoms with Crippen LogP contribution in [0.3, 0.4) is 0 Å². The van der Waals surface area contributed by atoms with E-state index in [0.717, 1.165) is 27.0 Å². The van der Waals surface area contributed by atoms with Gasteiger partial charge in [-0.25, -0.2) is 0 Å². The van der Waals surface area contributed by atoms with Crippen LogP contribution in [0.25, 0.3) is 0 Å². The summed E-state index contributed by atoms with van der Waals surface area (Å²) in [5.41, 5.74) is 4.46. The maximum atomic E-state index is 13.2. The quantitative estimate of drug-likeness (QED) is 0.685. The average Bonchev–Trinajstić information content (AvgIpc) is 2.22. The molecule has 2 rings (SSSR count). The summed E-state index contributed by atoms with van der Waals surface area (Å²) in [6, 6.07) is 4.20. The van der Waals surface area contributed by atoms with Crippen LogP contribution in [-0.2, 0) is 4.57 Å². The predicted octanol–water partition coefficient (Wildman–Crippen LogP) is 4.64. The third-order valence-electron chi connectivity index (χ3n) is 3.36. The van der Waals surface area contributed by atoms with Crippen LogP contribution in [0.2, 0.25) is 0 Å². The molecule has 18 heavy (non-hydrogen) atoms. The lowest BCUT2D eigenvalue weighted by molar-refractivity contribution is 0.587. The Morgan fingerprint density at radius 1 is 1.11 bits per heavy atom. The van der Waals surface area contributed by atoms with Crippen LogP contribution in [0.1, 0.15) is 23.6 Å². The minimum absolute atomic E-state index is 0.563. The van der Waals surface area contributed by atoms with E-state index in [1.54, 1.807) is 6.08 Å². The Morgan fingerprint density at radius 3 is 2.17 bits per heavy atom. The first-order valence-corrected chi connectivity index (χ1v) is 8.39. The van der Waals surface area contributed by atoms with Crippen molar-refractivity contribution in [1.29, 1.82) is 0 Å². The van der Waals surface area contributed by atoms with Crippen molar-refractivity contribution in [3.8, 4) is 0 Å². The highest BCUT2D eigenvalue weighted by molar-refractivity contribution is 7.75. The van der Waals surface area contributed by atoms with Crippen molar-refractivity contribution < 1.29 is 4.57 Å². The van der Waals surface area contributed by atoms with E-state index >= 15 is 0 Å². The molecule has 1 aromatic rings. The van der Waals surface area contributed by atoms with Gasteiger partial charge in [-0.1, -0.05) is 29.3 Å². The summed E-state index contributed by atoms with van der Waals surface area (Å²) >= 11 is 6.06. The Bertz CT molecular complexity index is 588. The fourth-order valence-electron chi connectivity index (χ4n) is 2.73. The zero-order valence-corrected chi connectivity index (χ0v) is 12.9. The summed E-state index contributed by atoms with van der Waals surface area (Å²) in [7, 11) is -2.48. The second-order valence-corrected chi connectivity index (χ2v) is 8.20. The maximum absolute atomic E-state index is 13.2. The van der Waals surface area contributed by atoms with Crippen LogP contribution < -0.4 is 5.30 Å². The van der Waals surface area contributed by atoms with Gasteiger partial charge in [-0.15, -0.1) is 0 Å². The molecule has 1 aliphatic heterocycles. The van der Waals surface area contributed by atoms with Gasteiger partial charge in [-0.3, -0.25) is 0 Å².